The third-order valence-corrected chi connectivity index (χ3v) is 5.04. The molecule has 1 aromatic carbocycles. The van der Waals surface area contributed by atoms with Crippen molar-refractivity contribution in [3.05, 3.63) is 34.9 Å². The topological polar surface area (TPSA) is 39.7 Å². The minimum absolute atomic E-state index is 0. The third kappa shape index (κ3) is 8.13. The lowest BCUT2D eigenvalue weighted by Gasteiger charge is -2.32. The zero-order valence-electron chi connectivity index (χ0n) is 15.4. The molecule has 1 aliphatic rings. The Kier molecular flexibility index (Phi) is 11.5. The Morgan fingerprint density at radius 1 is 1.24 bits per heavy atom. The van der Waals surface area contributed by atoms with Gasteiger partial charge in [-0.15, -0.1) is 24.0 Å². The number of nitrogens with one attached hydrogen (secondary N) is 2. The van der Waals surface area contributed by atoms with Gasteiger partial charge in [0.15, 0.2) is 5.96 Å². The number of hydrogen-bond donors (Lipinski definition) is 2. The number of guanidine groups is 1. The number of piperidine rings is 1. The highest BCUT2D eigenvalue weighted by molar-refractivity contribution is 14.0. The first-order valence-corrected chi connectivity index (χ1v) is 9.51. The predicted molar refractivity (Wildman–Crippen MR) is 119 cm³/mol. The average Bonchev–Trinajstić information content (AvgIpc) is 2.61. The molecule has 142 valence electrons. The summed E-state index contributed by atoms with van der Waals surface area (Å²) in [5, 5.41) is 7.69. The maximum Gasteiger partial charge on any atom is 0.190 e. The summed E-state index contributed by atoms with van der Waals surface area (Å²) in [6, 6.07) is 8.00. The van der Waals surface area contributed by atoms with E-state index in [0.29, 0.717) is 0 Å². The number of aliphatic imine (C=N–C) groups is 1. The molecule has 25 heavy (non-hydrogen) atoms. The van der Waals surface area contributed by atoms with Crippen molar-refractivity contribution in [1.82, 2.24) is 15.5 Å². The van der Waals surface area contributed by atoms with Crippen LogP contribution in [0, 0.1) is 5.92 Å². The SMILES string of the molecule is CCCN1CCC(CNC(=NC)NCCc2ccccc2Cl)CC1.I. The molecule has 0 amide bonds. The summed E-state index contributed by atoms with van der Waals surface area (Å²) in [7, 11) is 1.83. The quantitative estimate of drug-likeness (QED) is 0.356. The number of rotatable bonds is 7. The lowest BCUT2D eigenvalue weighted by Crippen LogP contribution is -2.43. The highest BCUT2D eigenvalue weighted by Crippen LogP contribution is 2.16. The predicted octanol–water partition coefficient (Wildman–Crippen LogP) is 3.79. The number of likely N-dealkylation sites (tertiary alicyclic amines) is 1. The van der Waals surface area contributed by atoms with E-state index < -0.39 is 0 Å². The zero-order valence-corrected chi connectivity index (χ0v) is 18.5. The van der Waals surface area contributed by atoms with Crippen LogP contribution in [0.5, 0.6) is 0 Å². The summed E-state index contributed by atoms with van der Waals surface area (Å²) >= 11 is 6.19. The van der Waals surface area contributed by atoms with Gasteiger partial charge in [0.2, 0.25) is 0 Å². The van der Waals surface area contributed by atoms with Crippen LogP contribution < -0.4 is 10.6 Å². The lowest BCUT2D eigenvalue weighted by molar-refractivity contribution is 0.185. The maximum atomic E-state index is 6.19. The molecular weight excluding hydrogens is 447 g/mol. The Morgan fingerprint density at radius 3 is 2.60 bits per heavy atom. The molecule has 0 unspecified atom stereocenters. The third-order valence-electron chi connectivity index (χ3n) is 4.67. The molecule has 2 rings (SSSR count). The monoisotopic (exact) mass is 478 g/mol. The van der Waals surface area contributed by atoms with Gasteiger partial charge in [0.05, 0.1) is 0 Å². The van der Waals surface area contributed by atoms with Crippen LogP contribution in [0.4, 0.5) is 0 Å². The van der Waals surface area contributed by atoms with E-state index in [0.717, 1.165) is 36.4 Å². The van der Waals surface area contributed by atoms with E-state index in [1.54, 1.807) is 0 Å². The van der Waals surface area contributed by atoms with Crippen molar-refractivity contribution in [3.8, 4) is 0 Å². The highest BCUT2D eigenvalue weighted by atomic mass is 127. The van der Waals surface area contributed by atoms with Gasteiger partial charge in [0.25, 0.3) is 0 Å². The molecule has 0 radical (unpaired) electrons. The average molecular weight is 479 g/mol. The molecule has 4 nitrogen and oxygen atoms in total. The van der Waals surface area contributed by atoms with Crippen LogP contribution in [0.15, 0.2) is 29.3 Å². The van der Waals surface area contributed by atoms with Gasteiger partial charge in [-0.1, -0.05) is 36.7 Å². The van der Waals surface area contributed by atoms with Gasteiger partial charge in [0, 0.05) is 25.2 Å². The summed E-state index contributed by atoms with van der Waals surface area (Å²) in [6.07, 6.45) is 4.72. The van der Waals surface area contributed by atoms with Gasteiger partial charge in [-0.3, -0.25) is 4.99 Å². The molecule has 0 aromatic heterocycles. The summed E-state index contributed by atoms with van der Waals surface area (Å²) in [5.74, 6) is 1.64. The largest absolute Gasteiger partial charge is 0.356 e. The second kappa shape index (κ2) is 12.8. The Labute approximate surface area is 174 Å². The first kappa shape index (κ1) is 22.5. The number of halogens is 2. The van der Waals surface area contributed by atoms with Crippen molar-refractivity contribution in [1.29, 1.82) is 0 Å². The first-order valence-electron chi connectivity index (χ1n) is 9.13. The fraction of sp³-hybridized carbons (Fsp3) is 0.632. The number of hydrogen-bond acceptors (Lipinski definition) is 2. The fourth-order valence-electron chi connectivity index (χ4n) is 3.21. The van der Waals surface area contributed by atoms with Crippen LogP contribution in [-0.2, 0) is 6.42 Å². The smallest absolute Gasteiger partial charge is 0.190 e. The van der Waals surface area contributed by atoms with Crippen molar-refractivity contribution < 1.29 is 0 Å². The second-order valence-corrected chi connectivity index (χ2v) is 6.91. The first-order chi connectivity index (χ1) is 11.7. The molecule has 1 aliphatic heterocycles. The zero-order chi connectivity index (χ0) is 17.2. The lowest BCUT2D eigenvalue weighted by atomic mass is 9.97. The van der Waals surface area contributed by atoms with E-state index in [2.05, 4.69) is 33.5 Å². The van der Waals surface area contributed by atoms with Crippen LogP contribution in [0.2, 0.25) is 5.02 Å². The van der Waals surface area contributed by atoms with Crippen molar-refractivity contribution in [2.24, 2.45) is 10.9 Å². The van der Waals surface area contributed by atoms with Gasteiger partial charge in [0.1, 0.15) is 0 Å². The Balaban J connectivity index is 0.00000312. The maximum absolute atomic E-state index is 6.19. The van der Waals surface area contributed by atoms with E-state index in [9.17, 15) is 0 Å². The molecule has 0 atom stereocenters. The fourth-order valence-corrected chi connectivity index (χ4v) is 3.44. The molecule has 0 bridgehead atoms. The normalized spacial score (nSPS) is 16.4. The van der Waals surface area contributed by atoms with Crippen molar-refractivity contribution in [3.63, 3.8) is 0 Å². The Hall–Kier alpha value is -0.530. The highest BCUT2D eigenvalue weighted by Gasteiger charge is 2.18. The van der Waals surface area contributed by atoms with Gasteiger partial charge >= 0.3 is 0 Å². The van der Waals surface area contributed by atoms with Crippen molar-refractivity contribution in [2.75, 3.05) is 39.8 Å². The molecule has 0 aliphatic carbocycles. The van der Waals surface area contributed by atoms with Crippen LogP contribution in [-0.4, -0.2) is 50.6 Å². The van der Waals surface area contributed by atoms with Gasteiger partial charge in [-0.2, -0.15) is 0 Å². The standard InChI is InChI=1S/C19H31ClN4.HI/c1-3-12-24-13-9-16(10-14-24)15-23-19(21-2)22-11-8-17-6-4-5-7-18(17)20;/h4-7,16H,3,8-15H2,1-2H3,(H2,21,22,23);1H. The minimum atomic E-state index is 0. The molecule has 2 N–H and O–H groups in total. The molecule has 6 heteroatoms. The number of nitrogens with zero attached hydrogens (tertiary/aromatic N) is 2. The van der Waals surface area contributed by atoms with Crippen LogP contribution >= 0.6 is 35.6 Å². The molecule has 1 aromatic rings. The molecule has 1 heterocycles. The summed E-state index contributed by atoms with van der Waals surface area (Å²) in [5.41, 5.74) is 1.17. The second-order valence-electron chi connectivity index (χ2n) is 6.51. The van der Waals surface area contributed by atoms with Gasteiger partial charge in [-0.25, -0.2) is 0 Å². The number of benzene rings is 1. The van der Waals surface area contributed by atoms with E-state index in [1.165, 1.54) is 44.5 Å². The van der Waals surface area contributed by atoms with Crippen LogP contribution in [0.25, 0.3) is 0 Å². The summed E-state index contributed by atoms with van der Waals surface area (Å²) < 4.78 is 0. The Bertz CT molecular complexity index is 516. The Morgan fingerprint density at radius 2 is 1.96 bits per heavy atom. The van der Waals surface area contributed by atoms with E-state index in [4.69, 9.17) is 11.6 Å². The van der Waals surface area contributed by atoms with E-state index in [1.807, 2.05) is 25.2 Å². The van der Waals surface area contributed by atoms with Gasteiger partial charge in [-0.05, 0) is 62.9 Å². The van der Waals surface area contributed by atoms with Crippen molar-refractivity contribution in [2.45, 2.75) is 32.6 Å². The van der Waals surface area contributed by atoms with Crippen molar-refractivity contribution >= 4 is 41.5 Å². The minimum Gasteiger partial charge on any atom is -0.356 e. The molecular formula is C19H32ClIN4. The van der Waals surface area contributed by atoms with Crippen LogP contribution in [0.1, 0.15) is 31.7 Å². The molecule has 1 saturated heterocycles. The van der Waals surface area contributed by atoms with E-state index in [-0.39, 0.29) is 24.0 Å². The summed E-state index contributed by atoms with van der Waals surface area (Å²) in [6.45, 7) is 7.80. The molecule has 0 saturated carbocycles. The summed E-state index contributed by atoms with van der Waals surface area (Å²) in [4.78, 5) is 6.90. The van der Waals surface area contributed by atoms with E-state index >= 15 is 0 Å². The molecule has 1 fully saturated rings. The molecule has 0 spiro atoms. The van der Waals surface area contributed by atoms with Crippen LogP contribution in [0.3, 0.4) is 0 Å². The van der Waals surface area contributed by atoms with Gasteiger partial charge < -0.3 is 15.5 Å².